The fourth-order valence-electron chi connectivity index (χ4n) is 3.07. The summed E-state index contributed by atoms with van der Waals surface area (Å²) in [5.41, 5.74) is 3.48. The van der Waals surface area contributed by atoms with Gasteiger partial charge in [-0.2, -0.15) is 0 Å². The van der Waals surface area contributed by atoms with Crippen molar-refractivity contribution in [1.29, 1.82) is 0 Å². The molecule has 1 aromatic carbocycles. The molecule has 8 heteroatoms. The summed E-state index contributed by atoms with van der Waals surface area (Å²) in [7, 11) is 0. The Kier molecular flexibility index (Phi) is 7.88. The lowest BCUT2D eigenvalue weighted by Crippen LogP contribution is -2.37. The van der Waals surface area contributed by atoms with E-state index in [0.717, 1.165) is 56.5 Å². The molecule has 2 aromatic rings. The van der Waals surface area contributed by atoms with Gasteiger partial charge in [-0.25, -0.2) is 0 Å². The molecular weight excluding hydrogens is 374 g/mol. The normalized spacial score (nSPS) is 14.9. The molecule has 0 aliphatic carbocycles. The predicted molar refractivity (Wildman–Crippen MR) is 111 cm³/mol. The molecular formula is C20H29N5O2S. The van der Waals surface area contributed by atoms with Crippen molar-refractivity contribution < 1.29 is 9.53 Å². The van der Waals surface area contributed by atoms with Crippen molar-refractivity contribution in [2.24, 2.45) is 0 Å². The highest BCUT2D eigenvalue weighted by Gasteiger charge is 2.11. The predicted octanol–water partition coefficient (Wildman–Crippen LogP) is 2.20. The maximum Gasteiger partial charge on any atom is 0.230 e. The van der Waals surface area contributed by atoms with E-state index >= 15 is 0 Å². The fourth-order valence-corrected chi connectivity index (χ4v) is 3.83. The van der Waals surface area contributed by atoms with E-state index in [1.807, 2.05) is 10.6 Å². The van der Waals surface area contributed by atoms with Crippen LogP contribution in [0.4, 0.5) is 0 Å². The number of morpholine rings is 1. The van der Waals surface area contributed by atoms with Gasteiger partial charge in [0.2, 0.25) is 5.91 Å². The third-order valence-corrected chi connectivity index (χ3v) is 5.89. The molecule has 1 N–H and O–H groups in total. The fraction of sp³-hybridized carbons (Fsp3) is 0.550. The summed E-state index contributed by atoms with van der Waals surface area (Å²) in [6.07, 6.45) is 3.77. The lowest BCUT2D eigenvalue weighted by atomic mass is 10.1. The number of aryl methyl sites for hydroxylation is 2. The molecule has 1 aromatic heterocycles. The van der Waals surface area contributed by atoms with Crippen LogP contribution in [0.5, 0.6) is 0 Å². The Hall–Kier alpha value is -1.90. The Morgan fingerprint density at radius 3 is 2.82 bits per heavy atom. The Morgan fingerprint density at radius 2 is 2.04 bits per heavy atom. The van der Waals surface area contributed by atoms with Crippen LogP contribution in [0.1, 0.15) is 24.0 Å². The molecule has 0 spiro atoms. The molecule has 1 amide bonds. The number of rotatable bonds is 9. The van der Waals surface area contributed by atoms with Crippen LogP contribution >= 0.6 is 11.8 Å². The number of hydrogen-bond acceptors (Lipinski definition) is 6. The molecule has 2 heterocycles. The van der Waals surface area contributed by atoms with E-state index in [2.05, 4.69) is 46.4 Å². The van der Waals surface area contributed by atoms with Crippen molar-refractivity contribution >= 4 is 17.7 Å². The van der Waals surface area contributed by atoms with E-state index in [0.29, 0.717) is 12.3 Å². The van der Waals surface area contributed by atoms with Crippen LogP contribution in [0, 0.1) is 13.8 Å². The molecule has 3 rings (SSSR count). The largest absolute Gasteiger partial charge is 0.379 e. The average Bonchev–Trinajstić information content (AvgIpc) is 3.18. The topological polar surface area (TPSA) is 72.3 Å². The molecule has 7 nitrogen and oxygen atoms in total. The van der Waals surface area contributed by atoms with Crippen LogP contribution in [-0.4, -0.2) is 70.7 Å². The number of nitrogens with zero attached hydrogens (tertiary/aromatic N) is 4. The smallest absolute Gasteiger partial charge is 0.230 e. The van der Waals surface area contributed by atoms with Crippen LogP contribution in [0.2, 0.25) is 0 Å². The van der Waals surface area contributed by atoms with Crippen molar-refractivity contribution in [2.45, 2.75) is 31.8 Å². The number of benzene rings is 1. The lowest BCUT2D eigenvalue weighted by molar-refractivity contribution is -0.118. The maximum atomic E-state index is 12.1. The zero-order valence-electron chi connectivity index (χ0n) is 16.7. The first-order chi connectivity index (χ1) is 13.6. The van der Waals surface area contributed by atoms with Crippen molar-refractivity contribution in [2.75, 3.05) is 45.1 Å². The number of hydrogen-bond donors (Lipinski definition) is 1. The number of thioether (sulfide) groups is 1. The second-order valence-electron chi connectivity index (χ2n) is 7.05. The summed E-state index contributed by atoms with van der Waals surface area (Å²) < 4.78 is 7.27. The van der Waals surface area contributed by atoms with E-state index in [9.17, 15) is 4.79 Å². The second kappa shape index (κ2) is 10.6. The van der Waals surface area contributed by atoms with E-state index < -0.39 is 0 Å². The van der Waals surface area contributed by atoms with Crippen molar-refractivity contribution in [1.82, 2.24) is 25.0 Å². The third-order valence-electron chi connectivity index (χ3n) is 4.94. The Labute approximate surface area is 170 Å². The van der Waals surface area contributed by atoms with Crippen LogP contribution in [0.25, 0.3) is 5.69 Å². The zero-order valence-corrected chi connectivity index (χ0v) is 17.5. The average molecular weight is 404 g/mol. The van der Waals surface area contributed by atoms with E-state index in [1.54, 1.807) is 6.33 Å². The van der Waals surface area contributed by atoms with Gasteiger partial charge in [0.1, 0.15) is 6.33 Å². The van der Waals surface area contributed by atoms with Crippen LogP contribution in [0.3, 0.4) is 0 Å². The Bertz CT molecular complexity index is 774. The molecule has 1 aliphatic rings. The number of aromatic nitrogens is 3. The summed E-state index contributed by atoms with van der Waals surface area (Å²) in [5, 5.41) is 11.9. The van der Waals surface area contributed by atoms with Crippen molar-refractivity contribution in [3.8, 4) is 5.69 Å². The zero-order chi connectivity index (χ0) is 19.8. The van der Waals surface area contributed by atoms with Gasteiger partial charge < -0.3 is 10.1 Å². The highest BCUT2D eigenvalue weighted by Crippen LogP contribution is 2.21. The van der Waals surface area contributed by atoms with Crippen molar-refractivity contribution in [3.63, 3.8) is 0 Å². The SMILES string of the molecule is Cc1ccc(-n2cnnc2SCC(=O)NCCCCN2CCOCC2)cc1C. The van der Waals surface area contributed by atoms with Gasteiger partial charge in [-0.15, -0.1) is 10.2 Å². The van der Waals surface area contributed by atoms with Gasteiger partial charge in [-0.3, -0.25) is 14.3 Å². The first-order valence-electron chi connectivity index (χ1n) is 9.81. The van der Waals surface area contributed by atoms with E-state index in [-0.39, 0.29) is 5.91 Å². The summed E-state index contributed by atoms with van der Waals surface area (Å²) in [4.78, 5) is 14.6. The molecule has 1 saturated heterocycles. The molecule has 0 saturated carbocycles. The number of unbranched alkanes of at least 4 members (excludes halogenated alkanes) is 1. The van der Waals surface area contributed by atoms with Crippen molar-refractivity contribution in [3.05, 3.63) is 35.7 Å². The van der Waals surface area contributed by atoms with Gasteiger partial charge in [0.15, 0.2) is 5.16 Å². The first kappa shape index (κ1) is 20.8. The van der Waals surface area contributed by atoms with Crippen LogP contribution < -0.4 is 5.32 Å². The van der Waals surface area contributed by atoms with Gasteiger partial charge in [-0.1, -0.05) is 17.8 Å². The van der Waals surface area contributed by atoms with Crippen LogP contribution in [-0.2, 0) is 9.53 Å². The molecule has 0 atom stereocenters. The summed E-state index contributed by atoms with van der Waals surface area (Å²) in [6.45, 7) is 9.67. The second-order valence-corrected chi connectivity index (χ2v) is 7.99. The van der Waals surface area contributed by atoms with Crippen LogP contribution in [0.15, 0.2) is 29.7 Å². The lowest BCUT2D eigenvalue weighted by Gasteiger charge is -2.26. The van der Waals surface area contributed by atoms with Gasteiger partial charge in [-0.05, 0) is 56.5 Å². The van der Waals surface area contributed by atoms with E-state index in [4.69, 9.17) is 4.74 Å². The Morgan fingerprint density at radius 1 is 1.21 bits per heavy atom. The number of nitrogens with one attached hydrogen (secondary N) is 1. The van der Waals surface area contributed by atoms with Gasteiger partial charge in [0, 0.05) is 25.3 Å². The first-order valence-corrected chi connectivity index (χ1v) is 10.8. The molecule has 0 unspecified atom stereocenters. The number of carbonyl (C=O) groups is 1. The molecule has 28 heavy (non-hydrogen) atoms. The highest BCUT2D eigenvalue weighted by molar-refractivity contribution is 7.99. The number of carbonyl (C=O) groups excluding carboxylic acids is 1. The maximum absolute atomic E-state index is 12.1. The highest BCUT2D eigenvalue weighted by atomic mass is 32.2. The quantitative estimate of drug-likeness (QED) is 0.511. The van der Waals surface area contributed by atoms with Gasteiger partial charge in [0.05, 0.1) is 19.0 Å². The monoisotopic (exact) mass is 403 g/mol. The summed E-state index contributed by atoms with van der Waals surface area (Å²) in [6, 6.07) is 6.24. The van der Waals surface area contributed by atoms with E-state index in [1.165, 1.54) is 22.9 Å². The minimum Gasteiger partial charge on any atom is -0.379 e. The number of ether oxygens (including phenoxy) is 1. The summed E-state index contributed by atoms with van der Waals surface area (Å²) >= 11 is 1.41. The van der Waals surface area contributed by atoms with Gasteiger partial charge >= 0.3 is 0 Å². The Balaban J connectivity index is 1.38. The third kappa shape index (κ3) is 6.05. The molecule has 0 radical (unpaired) electrons. The van der Waals surface area contributed by atoms with Gasteiger partial charge in [0.25, 0.3) is 0 Å². The molecule has 0 bridgehead atoms. The molecule has 1 aliphatic heterocycles. The minimum atomic E-state index is 0.0333. The summed E-state index contributed by atoms with van der Waals surface area (Å²) in [5.74, 6) is 0.374. The number of amides is 1. The minimum absolute atomic E-state index is 0.0333. The standard InChI is InChI=1S/C20H29N5O2S/c1-16-5-6-18(13-17(16)2)25-15-22-23-20(25)28-14-19(26)21-7-3-4-8-24-9-11-27-12-10-24/h5-6,13,15H,3-4,7-12,14H2,1-2H3,(H,21,26). The molecule has 1 fully saturated rings. The molecule has 152 valence electrons.